The van der Waals surface area contributed by atoms with E-state index in [0.717, 1.165) is 0 Å². The van der Waals surface area contributed by atoms with Crippen LogP contribution in [0.3, 0.4) is 0 Å². The van der Waals surface area contributed by atoms with E-state index in [0.29, 0.717) is 0 Å². The standard InChI is InChI=1S/C9H11F2NO/c1-7(6-13)9(10,11)8-4-2-3-5-12-8/h2-5,7,13H,6H2,1H3. The highest BCUT2D eigenvalue weighted by molar-refractivity contribution is 5.10. The van der Waals surface area contributed by atoms with Crippen molar-refractivity contribution in [2.24, 2.45) is 5.92 Å². The van der Waals surface area contributed by atoms with Crippen LogP contribution in [-0.2, 0) is 5.92 Å². The van der Waals surface area contributed by atoms with Gasteiger partial charge in [-0.05, 0) is 12.1 Å². The molecule has 1 rings (SSSR count). The Hall–Kier alpha value is -1.03. The van der Waals surface area contributed by atoms with Crippen LogP contribution in [0.1, 0.15) is 12.6 Å². The fourth-order valence-corrected chi connectivity index (χ4v) is 0.927. The predicted octanol–water partition coefficient (Wildman–Crippen LogP) is 1.80. The minimum Gasteiger partial charge on any atom is -0.396 e. The highest BCUT2D eigenvalue weighted by Crippen LogP contribution is 2.33. The van der Waals surface area contributed by atoms with Crippen molar-refractivity contribution in [2.45, 2.75) is 12.8 Å². The zero-order chi connectivity index (χ0) is 9.90. The monoisotopic (exact) mass is 187 g/mol. The molecule has 4 heteroatoms. The molecule has 13 heavy (non-hydrogen) atoms. The van der Waals surface area contributed by atoms with Crippen molar-refractivity contribution in [3.63, 3.8) is 0 Å². The summed E-state index contributed by atoms with van der Waals surface area (Å²) in [5.74, 6) is -4.17. The Morgan fingerprint density at radius 1 is 1.54 bits per heavy atom. The second kappa shape index (κ2) is 3.79. The van der Waals surface area contributed by atoms with Crippen molar-refractivity contribution in [3.05, 3.63) is 30.1 Å². The van der Waals surface area contributed by atoms with E-state index < -0.39 is 18.4 Å². The fourth-order valence-electron chi connectivity index (χ4n) is 0.927. The average molecular weight is 187 g/mol. The Labute approximate surface area is 75.2 Å². The number of nitrogens with zero attached hydrogens (tertiary/aromatic N) is 1. The molecule has 0 spiro atoms. The largest absolute Gasteiger partial charge is 0.396 e. The van der Waals surface area contributed by atoms with Gasteiger partial charge < -0.3 is 5.11 Å². The minimum absolute atomic E-state index is 0.295. The molecule has 0 bridgehead atoms. The van der Waals surface area contributed by atoms with E-state index in [1.54, 1.807) is 6.07 Å². The van der Waals surface area contributed by atoms with Crippen molar-refractivity contribution in [1.29, 1.82) is 0 Å². The van der Waals surface area contributed by atoms with Crippen LogP contribution in [0.15, 0.2) is 24.4 Å². The molecule has 0 amide bonds. The van der Waals surface area contributed by atoms with Gasteiger partial charge >= 0.3 is 0 Å². The van der Waals surface area contributed by atoms with Gasteiger partial charge in [0.05, 0.1) is 6.61 Å². The van der Waals surface area contributed by atoms with Crippen LogP contribution in [0.5, 0.6) is 0 Å². The van der Waals surface area contributed by atoms with Crippen molar-refractivity contribution in [3.8, 4) is 0 Å². The number of pyridine rings is 1. The van der Waals surface area contributed by atoms with E-state index in [9.17, 15) is 8.78 Å². The number of hydrogen-bond acceptors (Lipinski definition) is 2. The molecule has 0 saturated heterocycles. The number of rotatable bonds is 3. The second-order valence-corrected chi connectivity index (χ2v) is 2.92. The normalized spacial score (nSPS) is 14.2. The Balaban J connectivity index is 2.93. The van der Waals surface area contributed by atoms with Crippen molar-refractivity contribution >= 4 is 0 Å². The molecule has 0 saturated carbocycles. The molecule has 2 nitrogen and oxygen atoms in total. The summed E-state index contributed by atoms with van der Waals surface area (Å²) in [5.41, 5.74) is -0.295. The van der Waals surface area contributed by atoms with Gasteiger partial charge in [0, 0.05) is 12.1 Å². The number of aliphatic hydroxyl groups excluding tert-OH is 1. The second-order valence-electron chi connectivity index (χ2n) is 2.92. The smallest absolute Gasteiger partial charge is 0.294 e. The van der Waals surface area contributed by atoms with Gasteiger partial charge in [-0.25, -0.2) is 0 Å². The van der Waals surface area contributed by atoms with Crippen LogP contribution in [0.4, 0.5) is 8.78 Å². The molecule has 0 aliphatic carbocycles. The number of alkyl halides is 2. The summed E-state index contributed by atoms with van der Waals surface area (Å²) < 4.78 is 26.7. The van der Waals surface area contributed by atoms with Crippen molar-refractivity contribution < 1.29 is 13.9 Å². The van der Waals surface area contributed by atoms with Gasteiger partial charge in [0.25, 0.3) is 5.92 Å². The average Bonchev–Trinajstić information content (AvgIpc) is 2.18. The Kier molecular flexibility index (Phi) is 2.93. The van der Waals surface area contributed by atoms with Gasteiger partial charge in [-0.1, -0.05) is 13.0 Å². The summed E-state index contributed by atoms with van der Waals surface area (Å²) in [4.78, 5) is 3.56. The summed E-state index contributed by atoms with van der Waals surface area (Å²) in [6.07, 6.45) is 1.31. The number of hydrogen-bond donors (Lipinski definition) is 1. The van der Waals surface area contributed by atoms with Gasteiger partial charge in [-0.2, -0.15) is 8.78 Å². The molecule has 1 aromatic rings. The summed E-state index contributed by atoms with van der Waals surface area (Å²) in [7, 11) is 0. The van der Waals surface area contributed by atoms with Gasteiger partial charge in [0.15, 0.2) is 0 Å². The van der Waals surface area contributed by atoms with E-state index in [2.05, 4.69) is 4.98 Å². The molecule has 0 aliphatic rings. The fraction of sp³-hybridized carbons (Fsp3) is 0.444. The zero-order valence-electron chi connectivity index (χ0n) is 7.24. The zero-order valence-corrected chi connectivity index (χ0v) is 7.24. The molecule has 1 N–H and O–H groups in total. The van der Waals surface area contributed by atoms with E-state index in [1.165, 1.54) is 25.3 Å². The maximum atomic E-state index is 13.3. The van der Waals surface area contributed by atoms with Crippen LogP contribution < -0.4 is 0 Å². The van der Waals surface area contributed by atoms with E-state index in [-0.39, 0.29) is 5.69 Å². The lowest BCUT2D eigenvalue weighted by molar-refractivity contribution is -0.0788. The van der Waals surface area contributed by atoms with Crippen LogP contribution in [0.2, 0.25) is 0 Å². The molecular formula is C9H11F2NO. The lowest BCUT2D eigenvalue weighted by atomic mass is 10.0. The first kappa shape index (κ1) is 10.1. The summed E-state index contributed by atoms with van der Waals surface area (Å²) in [6.45, 7) is 0.734. The van der Waals surface area contributed by atoms with Crippen LogP contribution >= 0.6 is 0 Å². The highest BCUT2D eigenvalue weighted by Gasteiger charge is 2.39. The molecule has 1 atom stereocenters. The molecule has 72 valence electrons. The molecule has 0 radical (unpaired) electrons. The van der Waals surface area contributed by atoms with Crippen molar-refractivity contribution in [2.75, 3.05) is 6.61 Å². The van der Waals surface area contributed by atoms with Gasteiger partial charge in [-0.15, -0.1) is 0 Å². The number of aromatic nitrogens is 1. The predicted molar refractivity (Wildman–Crippen MR) is 44.4 cm³/mol. The first-order valence-electron chi connectivity index (χ1n) is 3.99. The van der Waals surface area contributed by atoms with E-state index in [4.69, 9.17) is 5.11 Å². The number of aliphatic hydroxyl groups is 1. The van der Waals surface area contributed by atoms with Crippen LogP contribution in [0.25, 0.3) is 0 Å². The van der Waals surface area contributed by atoms with Gasteiger partial charge in [0.1, 0.15) is 5.69 Å². The summed E-state index contributed by atoms with van der Waals surface area (Å²) in [5, 5.41) is 8.62. The van der Waals surface area contributed by atoms with Crippen molar-refractivity contribution in [1.82, 2.24) is 4.98 Å². The molecule has 0 aliphatic heterocycles. The molecule has 1 heterocycles. The topological polar surface area (TPSA) is 33.1 Å². The highest BCUT2D eigenvalue weighted by atomic mass is 19.3. The molecule has 1 aromatic heterocycles. The Morgan fingerprint density at radius 2 is 2.23 bits per heavy atom. The molecule has 1 unspecified atom stereocenters. The van der Waals surface area contributed by atoms with Crippen LogP contribution in [0, 0.1) is 5.92 Å². The summed E-state index contributed by atoms with van der Waals surface area (Å²) in [6, 6.07) is 4.33. The lowest BCUT2D eigenvalue weighted by Gasteiger charge is -2.20. The maximum absolute atomic E-state index is 13.3. The van der Waals surface area contributed by atoms with Gasteiger partial charge in [0.2, 0.25) is 0 Å². The third-order valence-electron chi connectivity index (χ3n) is 1.90. The first-order valence-corrected chi connectivity index (χ1v) is 3.99. The Morgan fingerprint density at radius 3 is 2.69 bits per heavy atom. The third kappa shape index (κ3) is 2.01. The quantitative estimate of drug-likeness (QED) is 0.782. The maximum Gasteiger partial charge on any atom is 0.294 e. The third-order valence-corrected chi connectivity index (χ3v) is 1.90. The van der Waals surface area contributed by atoms with Gasteiger partial charge in [-0.3, -0.25) is 4.98 Å². The molecular weight excluding hydrogens is 176 g/mol. The summed E-state index contributed by atoms with van der Waals surface area (Å²) >= 11 is 0. The Bertz CT molecular complexity index is 264. The van der Waals surface area contributed by atoms with Crippen LogP contribution in [-0.4, -0.2) is 16.7 Å². The molecule has 0 aromatic carbocycles. The van der Waals surface area contributed by atoms with E-state index in [1.807, 2.05) is 0 Å². The van der Waals surface area contributed by atoms with E-state index >= 15 is 0 Å². The first-order chi connectivity index (χ1) is 6.09. The molecule has 0 fully saturated rings. The minimum atomic E-state index is -3.06. The SMILES string of the molecule is CC(CO)C(F)(F)c1ccccn1. The number of halogens is 2. The lowest BCUT2D eigenvalue weighted by Crippen LogP contribution is -2.27.